The summed E-state index contributed by atoms with van der Waals surface area (Å²) >= 11 is 0. The Morgan fingerprint density at radius 2 is 2.05 bits per heavy atom. The van der Waals surface area contributed by atoms with Gasteiger partial charge in [-0.15, -0.1) is 0 Å². The third kappa shape index (κ3) is 6.13. The SMILES string of the molecule is CN=C\C=C/C(=C\C=C\C1(C)C=CC=C(OC)C=C1)OC. The van der Waals surface area contributed by atoms with E-state index in [2.05, 4.69) is 30.1 Å². The van der Waals surface area contributed by atoms with E-state index in [0.717, 1.165) is 11.5 Å². The van der Waals surface area contributed by atoms with Crippen LogP contribution < -0.4 is 0 Å². The molecule has 21 heavy (non-hydrogen) atoms. The van der Waals surface area contributed by atoms with E-state index < -0.39 is 0 Å². The van der Waals surface area contributed by atoms with Gasteiger partial charge in [0, 0.05) is 18.7 Å². The van der Waals surface area contributed by atoms with Gasteiger partial charge in [-0.2, -0.15) is 0 Å². The van der Waals surface area contributed by atoms with E-state index in [1.54, 1.807) is 27.5 Å². The van der Waals surface area contributed by atoms with Crippen LogP contribution in [0, 0.1) is 5.41 Å². The second kappa shape index (κ2) is 8.80. The predicted molar refractivity (Wildman–Crippen MR) is 89.3 cm³/mol. The van der Waals surface area contributed by atoms with Crippen LogP contribution in [0.4, 0.5) is 0 Å². The second-order valence-electron chi connectivity index (χ2n) is 4.73. The Hall–Kier alpha value is -2.29. The molecule has 0 aliphatic heterocycles. The summed E-state index contributed by atoms with van der Waals surface area (Å²) in [6, 6.07) is 0. The zero-order valence-corrected chi connectivity index (χ0v) is 13.1. The molecule has 0 bridgehead atoms. The maximum absolute atomic E-state index is 5.27. The number of ether oxygens (including phenoxy) is 2. The van der Waals surface area contributed by atoms with Crippen LogP contribution in [0.15, 0.2) is 77.3 Å². The molecule has 0 fully saturated rings. The molecule has 1 aliphatic carbocycles. The monoisotopic (exact) mass is 285 g/mol. The molecule has 0 saturated heterocycles. The number of rotatable bonds is 6. The van der Waals surface area contributed by atoms with Gasteiger partial charge < -0.3 is 9.47 Å². The summed E-state index contributed by atoms with van der Waals surface area (Å²) in [7, 11) is 5.05. The summed E-state index contributed by atoms with van der Waals surface area (Å²) in [6.07, 6.45) is 21.6. The summed E-state index contributed by atoms with van der Waals surface area (Å²) in [5, 5.41) is 0. The summed E-state index contributed by atoms with van der Waals surface area (Å²) in [6.45, 7) is 2.13. The Morgan fingerprint density at radius 3 is 2.71 bits per heavy atom. The van der Waals surface area contributed by atoms with Crippen LogP contribution in [-0.2, 0) is 9.47 Å². The van der Waals surface area contributed by atoms with E-state index in [-0.39, 0.29) is 5.41 Å². The third-order valence-electron chi connectivity index (χ3n) is 3.01. The summed E-state index contributed by atoms with van der Waals surface area (Å²) in [5.41, 5.74) is -0.152. The average Bonchev–Trinajstić information content (AvgIpc) is 2.68. The van der Waals surface area contributed by atoms with Crippen molar-refractivity contribution in [2.45, 2.75) is 6.92 Å². The minimum atomic E-state index is -0.152. The van der Waals surface area contributed by atoms with Crippen molar-refractivity contribution >= 4 is 6.21 Å². The quantitative estimate of drug-likeness (QED) is 0.420. The molecule has 3 heteroatoms. The van der Waals surface area contributed by atoms with Gasteiger partial charge in [0.05, 0.1) is 14.2 Å². The van der Waals surface area contributed by atoms with Gasteiger partial charge in [-0.25, -0.2) is 0 Å². The van der Waals surface area contributed by atoms with Gasteiger partial charge in [-0.05, 0) is 37.3 Å². The van der Waals surface area contributed by atoms with E-state index in [9.17, 15) is 0 Å². The second-order valence-corrected chi connectivity index (χ2v) is 4.73. The highest BCUT2D eigenvalue weighted by Crippen LogP contribution is 2.26. The lowest BCUT2D eigenvalue weighted by Crippen LogP contribution is -2.04. The smallest absolute Gasteiger partial charge is 0.118 e. The van der Waals surface area contributed by atoms with Crippen LogP contribution in [0.5, 0.6) is 0 Å². The van der Waals surface area contributed by atoms with Gasteiger partial charge >= 0.3 is 0 Å². The summed E-state index contributed by atoms with van der Waals surface area (Å²) in [4.78, 5) is 3.88. The molecule has 1 unspecified atom stereocenters. The van der Waals surface area contributed by atoms with Crippen LogP contribution >= 0.6 is 0 Å². The molecule has 0 aromatic heterocycles. The highest BCUT2D eigenvalue weighted by Gasteiger charge is 2.13. The van der Waals surface area contributed by atoms with Crippen molar-refractivity contribution in [1.82, 2.24) is 0 Å². The zero-order chi connectivity index (χ0) is 15.6. The minimum Gasteiger partial charge on any atom is -0.497 e. The van der Waals surface area contributed by atoms with E-state index in [1.807, 2.05) is 42.5 Å². The first-order valence-electron chi connectivity index (χ1n) is 6.78. The van der Waals surface area contributed by atoms with Crippen molar-refractivity contribution in [2.75, 3.05) is 21.3 Å². The van der Waals surface area contributed by atoms with E-state index >= 15 is 0 Å². The fourth-order valence-corrected chi connectivity index (χ4v) is 1.74. The predicted octanol–water partition coefficient (Wildman–Crippen LogP) is 3.99. The van der Waals surface area contributed by atoms with Crippen LogP contribution in [0.3, 0.4) is 0 Å². The van der Waals surface area contributed by atoms with Crippen molar-refractivity contribution in [2.24, 2.45) is 10.4 Å². The Labute approximate surface area is 127 Å². The highest BCUT2D eigenvalue weighted by molar-refractivity contribution is 5.71. The van der Waals surface area contributed by atoms with E-state index in [1.165, 1.54) is 0 Å². The van der Waals surface area contributed by atoms with Crippen LogP contribution in [0.2, 0.25) is 0 Å². The van der Waals surface area contributed by atoms with Crippen LogP contribution in [0.25, 0.3) is 0 Å². The standard InChI is InChI=1S/C18H23NO2/c1-18(13-6-9-17(21-4)11-14-18)12-5-8-16(20-3)10-7-15-19-2/h5-15H,1-4H3/b10-7-,12-5+,16-8+,19-15?. The number of hydrogen-bond acceptors (Lipinski definition) is 3. The number of nitrogens with zero attached hydrogens (tertiary/aromatic N) is 1. The minimum absolute atomic E-state index is 0.152. The maximum Gasteiger partial charge on any atom is 0.118 e. The lowest BCUT2D eigenvalue weighted by atomic mass is 9.89. The summed E-state index contributed by atoms with van der Waals surface area (Å²) < 4.78 is 10.5. The van der Waals surface area contributed by atoms with Crippen LogP contribution in [0.1, 0.15) is 6.92 Å². The van der Waals surface area contributed by atoms with Gasteiger partial charge in [0.15, 0.2) is 0 Å². The van der Waals surface area contributed by atoms with E-state index in [4.69, 9.17) is 9.47 Å². The lowest BCUT2D eigenvalue weighted by molar-refractivity contribution is 0.306. The van der Waals surface area contributed by atoms with Crippen molar-refractivity contribution in [3.05, 3.63) is 72.3 Å². The molecular weight excluding hydrogens is 262 g/mol. The molecule has 1 atom stereocenters. The third-order valence-corrected chi connectivity index (χ3v) is 3.01. The Balaban J connectivity index is 2.79. The first-order valence-corrected chi connectivity index (χ1v) is 6.78. The first kappa shape index (κ1) is 16.8. The molecule has 0 amide bonds. The number of allylic oxidation sites excluding steroid dienone is 10. The van der Waals surface area contributed by atoms with Crippen molar-refractivity contribution in [1.29, 1.82) is 0 Å². The molecule has 1 rings (SSSR count). The van der Waals surface area contributed by atoms with Crippen LogP contribution in [-0.4, -0.2) is 27.5 Å². The van der Waals surface area contributed by atoms with Crippen molar-refractivity contribution < 1.29 is 9.47 Å². The van der Waals surface area contributed by atoms with Crippen molar-refractivity contribution in [3.8, 4) is 0 Å². The molecule has 0 spiro atoms. The molecule has 1 aliphatic rings. The first-order chi connectivity index (χ1) is 10.1. The Morgan fingerprint density at radius 1 is 1.24 bits per heavy atom. The lowest BCUT2D eigenvalue weighted by Gasteiger charge is -2.15. The average molecular weight is 285 g/mol. The molecule has 0 radical (unpaired) electrons. The van der Waals surface area contributed by atoms with Crippen molar-refractivity contribution in [3.63, 3.8) is 0 Å². The number of hydrogen-bond donors (Lipinski definition) is 0. The normalized spacial score (nSPS) is 23.0. The topological polar surface area (TPSA) is 30.8 Å². The van der Waals surface area contributed by atoms with Gasteiger partial charge in [-0.3, -0.25) is 4.99 Å². The fraction of sp³-hybridized carbons (Fsp3) is 0.278. The summed E-state index contributed by atoms with van der Waals surface area (Å²) in [5.74, 6) is 1.62. The fourth-order valence-electron chi connectivity index (χ4n) is 1.74. The molecule has 0 aromatic carbocycles. The number of aliphatic imine (C=N–C) groups is 1. The molecule has 112 valence electrons. The molecule has 0 N–H and O–H groups in total. The molecular formula is C18H23NO2. The Kier molecular flexibility index (Phi) is 7.02. The Bertz CT molecular complexity index is 533. The largest absolute Gasteiger partial charge is 0.497 e. The molecule has 0 aromatic rings. The van der Waals surface area contributed by atoms with Gasteiger partial charge in [0.1, 0.15) is 11.5 Å². The number of methoxy groups -OCH3 is 2. The highest BCUT2D eigenvalue weighted by atomic mass is 16.5. The molecule has 0 saturated carbocycles. The van der Waals surface area contributed by atoms with E-state index in [0.29, 0.717) is 0 Å². The maximum atomic E-state index is 5.27. The van der Waals surface area contributed by atoms with Gasteiger partial charge in [0.2, 0.25) is 0 Å². The zero-order valence-electron chi connectivity index (χ0n) is 13.1. The molecule has 0 heterocycles. The molecule has 3 nitrogen and oxygen atoms in total. The van der Waals surface area contributed by atoms with Gasteiger partial charge in [0.25, 0.3) is 0 Å². The van der Waals surface area contributed by atoms with Gasteiger partial charge in [-0.1, -0.05) is 30.4 Å².